The third-order valence-electron chi connectivity index (χ3n) is 2.92. The number of carbonyl (C=O) groups excluding carboxylic acids is 1. The van der Waals surface area contributed by atoms with Gasteiger partial charge >= 0.3 is 0 Å². The van der Waals surface area contributed by atoms with Gasteiger partial charge in [-0.05, 0) is 37.9 Å². The number of rotatable bonds is 3. The van der Waals surface area contributed by atoms with Crippen molar-refractivity contribution < 1.29 is 4.79 Å². The summed E-state index contributed by atoms with van der Waals surface area (Å²) in [6, 6.07) is 3.86. The molecular formula is C12H17N3O. The van der Waals surface area contributed by atoms with Crippen LogP contribution in [0.1, 0.15) is 31.4 Å². The molecule has 1 aliphatic rings. The fourth-order valence-corrected chi connectivity index (χ4v) is 1.94. The molecule has 16 heavy (non-hydrogen) atoms. The smallest absolute Gasteiger partial charge is 0.237 e. The first-order chi connectivity index (χ1) is 7.77. The fourth-order valence-electron chi connectivity index (χ4n) is 1.94. The van der Waals surface area contributed by atoms with Crippen molar-refractivity contribution in [1.82, 2.24) is 15.6 Å². The van der Waals surface area contributed by atoms with Gasteiger partial charge in [-0.3, -0.25) is 9.78 Å². The van der Waals surface area contributed by atoms with Crippen LogP contribution in [0, 0.1) is 0 Å². The molecule has 0 spiro atoms. The van der Waals surface area contributed by atoms with Crippen molar-refractivity contribution in [3.05, 3.63) is 30.1 Å². The molecule has 1 saturated heterocycles. The number of aromatic nitrogens is 1. The van der Waals surface area contributed by atoms with E-state index in [1.807, 2.05) is 19.1 Å². The zero-order chi connectivity index (χ0) is 11.4. The average Bonchev–Trinajstić information content (AvgIpc) is 2.83. The van der Waals surface area contributed by atoms with Gasteiger partial charge in [0, 0.05) is 12.4 Å². The van der Waals surface area contributed by atoms with E-state index in [0.29, 0.717) is 0 Å². The van der Waals surface area contributed by atoms with Crippen LogP contribution in [-0.2, 0) is 4.79 Å². The second kappa shape index (κ2) is 5.07. The van der Waals surface area contributed by atoms with Crippen LogP contribution in [0.15, 0.2) is 24.5 Å². The van der Waals surface area contributed by atoms with E-state index in [1.165, 1.54) is 0 Å². The third-order valence-corrected chi connectivity index (χ3v) is 2.92. The maximum Gasteiger partial charge on any atom is 0.237 e. The molecule has 0 aromatic carbocycles. The van der Waals surface area contributed by atoms with Crippen molar-refractivity contribution >= 4 is 5.91 Å². The summed E-state index contributed by atoms with van der Waals surface area (Å²) in [4.78, 5) is 15.9. The van der Waals surface area contributed by atoms with E-state index in [0.717, 1.165) is 24.9 Å². The molecule has 2 atom stereocenters. The highest BCUT2D eigenvalue weighted by molar-refractivity contribution is 5.82. The SMILES string of the molecule is C[C@@H](NC(=O)[C@H]1CCCN1)c1cccnc1. The first-order valence-electron chi connectivity index (χ1n) is 5.71. The Morgan fingerprint density at radius 1 is 1.69 bits per heavy atom. The molecule has 2 heterocycles. The predicted octanol–water partition coefficient (Wildman–Crippen LogP) is 1.01. The number of nitrogens with one attached hydrogen (secondary N) is 2. The van der Waals surface area contributed by atoms with Crippen LogP contribution in [0.3, 0.4) is 0 Å². The third kappa shape index (κ3) is 2.58. The van der Waals surface area contributed by atoms with Gasteiger partial charge in [-0.1, -0.05) is 6.07 Å². The molecule has 1 fully saturated rings. The first kappa shape index (κ1) is 11.1. The standard InChI is InChI=1S/C12H17N3O/c1-9(10-4-2-6-13-8-10)15-12(16)11-5-3-7-14-11/h2,4,6,8-9,11,14H,3,5,7H2,1H3,(H,15,16)/t9-,11-/m1/s1. The lowest BCUT2D eigenvalue weighted by atomic mass is 10.1. The minimum absolute atomic E-state index is 0.0147. The maximum atomic E-state index is 11.8. The van der Waals surface area contributed by atoms with Gasteiger partial charge < -0.3 is 10.6 Å². The molecule has 2 rings (SSSR count). The predicted molar refractivity (Wildman–Crippen MR) is 61.8 cm³/mol. The summed E-state index contributed by atoms with van der Waals surface area (Å²) in [6.45, 7) is 2.92. The van der Waals surface area contributed by atoms with Gasteiger partial charge in [0.1, 0.15) is 0 Å². The van der Waals surface area contributed by atoms with Crippen LogP contribution in [-0.4, -0.2) is 23.5 Å². The second-order valence-corrected chi connectivity index (χ2v) is 4.17. The minimum atomic E-state index is -0.0147. The molecule has 1 aliphatic heterocycles. The lowest BCUT2D eigenvalue weighted by Gasteiger charge is -2.17. The summed E-state index contributed by atoms with van der Waals surface area (Å²) < 4.78 is 0. The number of carbonyl (C=O) groups is 1. The van der Waals surface area contributed by atoms with E-state index in [9.17, 15) is 4.79 Å². The van der Waals surface area contributed by atoms with E-state index >= 15 is 0 Å². The molecule has 2 N–H and O–H groups in total. The Morgan fingerprint density at radius 2 is 2.56 bits per heavy atom. The Balaban J connectivity index is 1.92. The van der Waals surface area contributed by atoms with Crippen LogP contribution >= 0.6 is 0 Å². The molecule has 4 nitrogen and oxygen atoms in total. The van der Waals surface area contributed by atoms with Crippen LogP contribution in [0.4, 0.5) is 0 Å². The van der Waals surface area contributed by atoms with Crippen LogP contribution in [0.5, 0.6) is 0 Å². The van der Waals surface area contributed by atoms with Crippen molar-refractivity contribution in [1.29, 1.82) is 0 Å². The Bertz CT molecular complexity index is 347. The normalized spacial score (nSPS) is 21.7. The van der Waals surface area contributed by atoms with Gasteiger partial charge in [-0.15, -0.1) is 0 Å². The number of hydrogen-bond acceptors (Lipinski definition) is 3. The summed E-state index contributed by atoms with van der Waals surface area (Å²) in [5.74, 6) is 0.0915. The van der Waals surface area contributed by atoms with E-state index in [2.05, 4.69) is 15.6 Å². The largest absolute Gasteiger partial charge is 0.348 e. The van der Waals surface area contributed by atoms with Crippen LogP contribution < -0.4 is 10.6 Å². The van der Waals surface area contributed by atoms with E-state index in [4.69, 9.17) is 0 Å². The number of amides is 1. The molecule has 1 aromatic heterocycles. The van der Waals surface area contributed by atoms with Crippen molar-refractivity contribution in [3.63, 3.8) is 0 Å². The van der Waals surface area contributed by atoms with Gasteiger partial charge in [0.05, 0.1) is 12.1 Å². The lowest BCUT2D eigenvalue weighted by Crippen LogP contribution is -2.41. The number of pyridine rings is 1. The quantitative estimate of drug-likeness (QED) is 0.797. The Labute approximate surface area is 95.5 Å². The molecule has 0 radical (unpaired) electrons. The highest BCUT2D eigenvalue weighted by Crippen LogP contribution is 2.12. The monoisotopic (exact) mass is 219 g/mol. The molecule has 0 aliphatic carbocycles. The zero-order valence-corrected chi connectivity index (χ0v) is 9.44. The summed E-state index contributed by atoms with van der Waals surface area (Å²) in [5.41, 5.74) is 1.04. The summed E-state index contributed by atoms with van der Waals surface area (Å²) in [5, 5.41) is 6.18. The summed E-state index contributed by atoms with van der Waals surface area (Å²) in [7, 11) is 0. The van der Waals surface area contributed by atoms with Crippen LogP contribution in [0.25, 0.3) is 0 Å². The van der Waals surface area contributed by atoms with E-state index in [1.54, 1.807) is 12.4 Å². The minimum Gasteiger partial charge on any atom is -0.348 e. The van der Waals surface area contributed by atoms with Gasteiger partial charge in [0.2, 0.25) is 5.91 Å². The summed E-state index contributed by atoms with van der Waals surface area (Å²) >= 11 is 0. The molecule has 1 amide bonds. The molecule has 86 valence electrons. The highest BCUT2D eigenvalue weighted by Gasteiger charge is 2.23. The molecule has 0 bridgehead atoms. The number of hydrogen-bond donors (Lipinski definition) is 2. The fraction of sp³-hybridized carbons (Fsp3) is 0.500. The topological polar surface area (TPSA) is 54.0 Å². The van der Waals surface area contributed by atoms with Crippen molar-refractivity contribution in [3.8, 4) is 0 Å². The maximum absolute atomic E-state index is 11.8. The second-order valence-electron chi connectivity index (χ2n) is 4.17. The van der Waals surface area contributed by atoms with Gasteiger partial charge in [0.15, 0.2) is 0 Å². The molecular weight excluding hydrogens is 202 g/mol. The van der Waals surface area contributed by atoms with Crippen LogP contribution in [0.2, 0.25) is 0 Å². The van der Waals surface area contributed by atoms with Crippen molar-refractivity contribution in [2.75, 3.05) is 6.54 Å². The van der Waals surface area contributed by atoms with Gasteiger partial charge in [-0.2, -0.15) is 0 Å². The van der Waals surface area contributed by atoms with Gasteiger partial charge in [-0.25, -0.2) is 0 Å². The van der Waals surface area contributed by atoms with E-state index < -0.39 is 0 Å². The average molecular weight is 219 g/mol. The van der Waals surface area contributed by atoms with Crippen molar-refractivity contribution in [2.24, 2.45) is 0 Å². The molecule has 1 aromatic rings. The molecule has 0 unspecified atom stereocenters. The number of nitrogens with zero attached hydrogens (tertiary/aromatic N) is 1. The Hall–Kier alpha value is -1.42. The van der Waals surface area contributed by atoms with E-state index in [-0.39, 0.29) is 18.0 Å². The molecule has 4 heteroatoms. The first-order valence-corrected chi connectivity index (χ1v) is 5.71. The Kier molecular flexibility index (Phi) is 3.51. The Morgan fingerprint density at radius 3 is 3.19 bits per heavy atom. The summed E-state index contributed by atoms with van der Waals surface area (Å²) in [6.07, 6.45) is 5.54. The zero-order valence-electron chi connectivity index (χ0n) is 9.44. The highest BCUT2D eigenvalue weighted by atomic mass is 16.2. The van der Waals surface area contributed by atoms with Crippen molar-refractivity contribution in [2.45, 2.75) is 31.8 Å². The lowest BCUT2D eigenvalue weighted by molar-refractivity contribution is -0.123. The molecule has 0 saturated carbocycles. The van der Waals surface area contributed by atoms with Gasteiger partial charge in [0.25, 0.3) is 0 Å².